The van der Waals surface area contributed by atoms with Crippen LogP contribution in [0.2, 0.25) is 0 Å². The lowest BCUT2D eigenvalue weighted by Gasteiger charge is -2.36. The molecule has 4 atom stereocenters. The van der Waals surface area contributed by atoms with E-state index in [0.29, 0.717) is 0 Å². The number of hydrogen-bond acceptors (Lipinski definition) is 4. The van der Waals surface area contributed by atoms with Gasteiger partial charge in [0.05, 0.1) is 23.9 Å². The second-order valence-corrected chi connectivity index (χ2v) is 8.28. The Morgan fingerprint density at radius 2 is 1.70 bits per heavy atom. The minimum atomic E-state index is -0.558. The second kappa shape index (κ2) is 6.04. The number of benzene rings is 1. The van der Waals surface area contributed by atoms with Crippen molar-refractivity contribution in [3.63, 3.8) is 0 Å². The summed E-state index contributed by atoms with van der Waals surface area (Å²) in [7, 11) is 0. The molecule has 0 unspecified atom stereocenters. The molecule has 27 heavy (non-hydrogen) atoms. The molecule has 140 valence electrons. The predicted octanol–water partition coefficient (Wildman–Crippen LogP) is 2.92. The summed E-state index contributed by atoms with van der Waals surface area (Å²) in [5.74, 6) is -1.25. The van der Waals surface area contributed by atoms with Crippen molar-refractivity contribution in [2.24, 2.45) is 11.8 Å². The van der Waals surface area contributed by atoms with Crippen molar-refractivity contribution in [1.82, 2.24) is 9.80 Å². The average Bonchev–Trinajstić information content (AvgIpc) is 3.16. The molecular formula is C22H24N2O3. The van der Waals surface area contributed by atoms with Gasteiger partial charge >= 0.3 is 0 Å². The van der Waals surface area contributed by atoms with Crippen LogP contribution in [0.5, 0.6) is 0 Å². The number of hydrogen-bond donors (Lipinski definition) is 0. The fourth-order valence-electron chi connectivity index (χ4n) is 5.74. The maximum absolute atomic E-state index is 13.5. The smallest absolute Gasteiger partial charge is 0.236 e. The Labute approximate surface area is 159 Å². The van der Waals surface area contributed by atoms with Gasteiger partial charge in [-0.05, 0) is 37.0 Å². The molecule has 0 radical (unpaired) electrons. The highest BCUT2D eigenvalue weighted by atomic mass is 16.2. The van der Waals surface area contributed by atoms with Crippen LogP contribution in [0.1, 0.15) is 56.2 Å². The zero-order valence-corrected chi connectivity index (χ0v) is 15.5. The Bertz CT molecular complexity index is 855. The molecule has 1 saturated carbocycles. The number of amides is 2. The molecule has 5 heteroatoms. The third-order valence-corrected chi connectivity index (χ3v) is 6.85. The van der Waals surface area contributed by atoms with Gasteiger partial charge in [0.15, 0.2) is 5.78 Å². The van der Waals surface area contributed by atoms with Crippen molar-refractivity contribution in [3.8, 4) is 0 Å². The van der Waals surface area contributed by atoms with Gasteiger partial charge in [-0.15, -0.1) is 0 Å². The summed E-state index contributed by atoms with van der Waals surface area (Å²) < 4.78 is 0. The van der Waals surface area contributed by atoms with E-state index in [1.807, 2.05) is 41.4 Å². The van der Waals surface area contributed by atoms with E-state index < -0.39 is 17.9 Å². The van der Waals surface area contributed by atoms with Crippen LogP contribution in [-0.2, 0) is 14.4 Å². The second-order valence-electron chi connectivity index (χ2n) is 8.28. The SMILES string of the molecule is CC(=O)[C@@H]1[C@@H]2C(=O)N(C3CCCCC3)C(=O)[C@@H]2[C@H]2c3ccccc3C=CN12. The van der Waals surface area contributed by atoms with Crippen molar-refractivity contribution in [3.05, 3.63) is 41.6 Å². The fraction of sp³-hybridized carbons (Fsp3) is 0.500. The highest BCUT2D eigenvalue weighted by Gasteiger charge is 2.64. The Morgan fingerprint density at radius 1 is 1.00 bits per heavy atom. The number of carbonyl (C=O) groups is 3. The zero-order chi connectivity index (χ0) is 18.7. The van der Waals surface area contributed by atoms with Gasteiger partial charge in [-0.1, -0.05) is 43.5 Å². The topological polar surface area (TPSA) is 57.7 Å². The number of imide groups is 1. The summed E-state index contributed by atoms with van der Waals surface area (Å²) in [6.45, 7) is 1.54. The monoisotopic (exact) mass is 364 g/mol. The quantitative estimate of drug-likeness (QED) is 0.757. The van der Waals surface area contributed by atoms with E-state index in [-0.39, 0.29) is 29.7 Å². The first-order valence-electron chi connectivity index (χ1n) is 10.0. The molecule has 0 spiro atoms. The molecule has 3 fully saturated rings. The molecule has 1 aliphatic carbocycles. The molecule has 0 N–H and O–H groups in total. The van der Waals surface area contributed by atoms with Crippen molar-refractivity contribution >= 4 is 23.7 Å². The van der Waals surface area contributed by atoms with Gasteiger partial charge in [-0.2, -0.15) is 0 Å². The molecule has 3 aliphatic heterocycles. The lowest BCUT2D eigenvalue weighted by atomic mass is 9.84. The highest BCUT2D eigenvalue weighted by Crippen LogP contribution is 2.53. The number of rotatable bonds is 2. The maximum Gasteiger partial charge on any atom is 0.236 e. The Hall–Kier alpha value is -2.43. The Kier molecular flexibility index (Phi) is 3.74. The molecule has 2 saturated heterocycles. The summed E-state index contributed by atoms with van der Waals surface area (Å²) in [6.07, 6.45) is 8.98. The normalized spacial score (nSPS) is 32.5. The number of ketones is 1. The van der Waals surface area contributed by atoms with Gasteiger partial charge in [0.1, 0.15) is 0 Å². The number of carbonyl (C=O) groups excluding carboxylic acids is 3. The summed E-state index contributed by atoms with van der Waals surface area (Å²) in [5, 5.41) is 0. The van der Waals surface area contributed by atoms with Gasteiger partial charge in [0.25, 0.3) is 0 Å². The molecule has 5 nitrogen and oxygen atoms in total. The van der Waals surface area contributed by atoms with Gasteiger partial charge in [-0.25, -0.2) is 0 Å². The van der Waals surface area contributed by atoms with Crippen LogP contribution in [0, 0.1) is 11.8 Å². The van der Waals surface area contributed by atoms with Gasteiger partial charge in [0.2, 0.25) is 11.8 Å². The maximum atomic E-state index is 13.5. The molecule has 0 aromatic heterocycles. The van der Waals surface area contributed by atoms with Crippen LogP contribution < -0.4 is 0 Å². The van der Waals surface area contributed by atoms with E-state index >= 15 is 0 Å². The molecule has 2 amide bonds. The molecule has 0 bridgehead atoms. The lowest BCUT2D eigenvalue weighted by molar-refractivity contribution is -0.146. The third-order valence-electron chi connectivity index (χ3n) is 6.85. The van der Waals surface area contributed by atoms with E-state index in [9.17, 15) is 14.4 Å². The van der Waals surface area contributed by atoms with Crippen LogP contribution in [-0.4, -0.2) is 39.5 Å². The fourth-order valence-corrected chi connectivity index (χ4v) is 5.74. The number of Topliss-reactive ketones (excluding diaryl/α,β-unsaturated/α-hetero) is 1. The first-order chi connectivity index (χ1) is 13.1. The zero-order valence-electron chi connectivity index (χ0n) is 15.5. The van der Waals surface area contributed by atoms with E-state index in [1.54, 1.807) is 11.8 Å². The van der Waals surface area contributed by atoms with Gasteiger partial charge < -0.3 is 4.90 Å². The van der Waals surface area contributed by atoms with E-state index in [1.165, 1.54) is 6.42 Å². The van der Waals surface area contributed by atoms with E-state index in [4.69, 9.17) is 0 Å². The summed E-state index contributed by atoms with van der Waals surface area (Å²) >= 11 is 0. The number of likely N-dealkylation sites (tertiary alicyclic amines) is 1. The summed E-state index contributed by atoms with van der Waals surface area (Å²) in [5.41, 5.74) is 2.11. The van der Waals surface area contributed by atoms with E-state index in [2.05, 4.69) is 0 Å². The third kappa shape index (κ3) is 2.27. The molecule has 4 aliphatic rings. The Morgan fingerprint density at radius 3 is 2.44 bits per heavy atom. The minimum absolute atomic E-state index is 0.0137. The first kappa shape index (κ1) is 16.7. The van der Waals surface area contributed by atoms with Crippen LogP contribution in [0.25, 0.3) is 6.08 Å². The highest BCUT2D eigenvalue weighted by molar-refractivity contribution is 6.09. The summed E-state index contributed by atoms with van der Waals surface area (Å²) in [4.78, 5) is 42.9. The van der Waals surface area contributed by atoms with Crippen molar-refractivity contribution in [2.75, 3.05) is 0 Å². The molecule has 1 aromatic carbocycles. The van der Waals surface area contributed by atoms with Crippen LogP contribution in [0.4, 0.5) is 0 Å². The molecule has 3 heterocycles. The van der Waals surface area contributed by atoms with Gasteiger partial charge in [0, 0.05) is 12.2 Å². The van der Waals surface area contributed by atoms with Crippen molar-refractivity contribution < 1.29 is 14.4 Å². The number of nitrogens with zero attached hydrogens (tertiary/aromatic N) is 2. The van der Waals surface area contributed by atoms with Crippen LogP contribution in [0.3, 0.4) is 0 Å². The van der Waals surface area contributed by atoms with Gasteiger partial charge in [-0.3, -0.25) is 19.3 Å². The Balaban J connectivity index is 1.60. The lowest BCUT2D eigenvalue weighted by Crippen LogP contribution is -2.47. The predicted molar refractivity (Wildman–Crippen MR) is 100 cm³/mol. The molecule has 5 rings (SSSR count). The van der Waals surface area contributed by atoms with Crippen molar-refractivity contribution in [2.45, 2.75) is 57.2 Å². The first-order valence-corrected chi connectivity index (χ1v) is 10.0. The number of fused-ring (bicyclic) bond motifs is 5. The molecule has 1 aromatic rings. The molecular weight excluding hydrogens is 340 g/mol. The average molecular weight is 364 g/mol. The standard InChI is InChI=1S/C22H24N2O3/c1-13(25)19-17-18(20-16-10-6-5-7-14(16)11-12-23(19)20)22(27)24(21(17)26)15-8-3-2-4-9-15/h5-7,10-12,15,17-20H,2-4,8-9H2,1H3/t17-,18+,19-,20-/m1/s1. The van der Waals surface area contributed by atoms with E-state index in [0.717, 1.165) is 36.8 Å². The van der Waals surface area contributed by atoms with Crippen LogP contribution in [0.15, 0.2) is 30.5 Å². The minimum Gasteiger partial charge on any atom is -0.359 e. The summed E-state index contributed by atoms with van der Waals surface area (Å²) in [6, 6.07) is 7.23. The van der Waals surface area contributed by atoms with Crippen molar-refractivity contribution in [1.29, 1.82) is 0 Å². The largest absolute Gasteiger partial charge is 0.359 e. The van der Waals surface area contributed by atoms with Crippen LogP contribution >= 0.6 is 0 Å².